The molecule has 1 saturated carbocycles. The summed E-state index contributed by atoms with van der Waals surface area (Å²) in [6.45, 7) is 0.101. The topological polar surface area (TPSA) is 49.4 Å². The van der Waals surface area contributed by atoms with E-state index in [-0.39, 0.29) is 30.3 Å². The molecule has 1 aliphatic heterocycles. The van der Waals surface area contributed by atoms with Crippen molar-refractivity contribution in [3.05, 3.63) is 50.6 Å². The number of fused-ring (bicyclic) bond motifs is 1. The number of anilines is 1. The molecule has 1 aliphatic carbocycles. The minimum absolute atomic E-state index is 0.0453. The van der Waals surface area contributed by atoms with Crippen LogP contribution in [-0.2, 0) is 9.59 Å². The summed E-state index contributed by atoms with van der Waals surface area (Å²) in [4.78, 5) is 28.6. The van der Waals surface area contributed by atoms with Gasteiger partial charge in [0, 0.05) is 26.5 Å². The molecule has 130 valence electrons. The fourth-order valence-corrected chi connectivity index (χ4v) is 5.08. The van der Waals surface area contributed by atoms with Crippen molar-refractivity contribution in [2.45, 2.75) is 31.7 Å². The summed E-state index contributed by atoms with van der Waals surface area (Å²) >= 11 is 5.16. The summed E-state index contributed by atoms with van der Waals surface area (Å²) in [7, 11) is 0. The lowest BCUT2D eigenvalue weighted by atomic mass is 9.99. The molecule has 2 heterocycles. The zero-order chi connectivity index (χ0) is 17.4. The van der Waals surface area contributed by atoms with Gasteiger partial charge in [0.05, 0.1) is 6.04 Å². The van der Waals surface area contributed by atoms with Gasteiger partial charge >= 0.3 is 0 Å². The lowest BCUT2D eigenvalue weighted by molar-refractivity contribution is -0.139. The number of thiophene rings is 1. The molecule has 0 saturated heterocycles. The summed E-state index contributed by atoms with van der Waals surface area (Å²) in [5.74, 6) is 0.0248. The number of benzene rings is 1. The first-order chi connectivity index (χ1) is 12.1. The van der Waals surface area contributed by atoms with Crippen molar-refractivity contribution >= 4 is 44.8 Å². The zero-order valence-corrected chi connectivity index (χ0v) is 16.1. The Kier molecular flexibility index (Phi) is 4.65. The number of rotatable bonds is 2. The maximum atomic E-state index is 13.2. The Hall–Kier alpha value is -1.66. The van der Waals surface area contributed by atoms with E-state index in [0.29, 0.717) is 0 Å². The minimum atomic E-state index is -0.223. The zero-order valence-electron chi connectivity index (χ0n) is 13.7. The van der Waals surface area contributed by atoms with Gasteiger partial charge in [0.25, 0.3) is 0 Å². The SMILES string of the molecule is O=C1CN(C(=O)C2CCCC2)C(c2cccs2)c2cc(Br)ccc2N1. The van der Waals surface area contributed by atoms with Crippen LogP contribution in [0.2, 0.25) is 0 Å². The van der Waals surface area contributed by atoms with Crippen molar-refractivity contribution in [1.82, 2.24) is 4.90 Å². The molecule has 25 heavy (non-hydrogen) atoms. The molecule has 1 aromatic carbocycles. The van der Waals surface area contributed by atoms with E-state index in [2.05, 4.69) is 21.2 Å². The van der Waals surface area contributed by atoms with Gasteiger partial charge in [0.2, 0.25) is 11.8 Å². The van der Waals surface area contributed by atoms with Crippen molar-refractivity contribution in [3.8, 4) is 0 Å². The summed E-state index contributed by atoms with van der Waals surface area (Å²) in [6, 6.07) is 9.65. The number of halogens is 1. The van der Waals surface area contributed by atoms with Gasteiger partial charge in [-0.05, 0) is 42.5 Å². The molecule has 1 aromatic heterocycles. The minimum Gasteiger partial charge on any atom is -0.324 e. The van der Waals surface area contributed by atoms with E-state index in [1.807, 2.05) is 35.7 Å². The largest absolute Gasteiger partial charge is 0.324 e. The Morgan fingerprint density at radius 1 is 1.24 bits per heavy atom. The summed E-state index contributed by atoms with van der Waals surface area (Å²) < 4.78 is 0.942. The van der Waals surface area contributed by atoms with Crippen LogP contribution in [0.25, 0.3) is 0 Å². The van der Waals surface area contributed by atoms with E-state index in [9.17, 15) is 9.59 Å². The van der Waals surface area contributed by atoms with Crippen LogP contribution in [0.5, 0.6) is 0 Å². The first kappa shape index (κ1) is 16.8. The number of carbonyl (C=O) groups excluding carboxylic acids is 2. The third kappa shape index (κ3) is 3.25. The Bertz CT molecular complexity index is 800. The highest BCUT2D eigenvalue weighted by Gasteiger charge is 2.37. The molecule has 4 nitrogen and oxygen atoms in total. The van der Waals surface area contributed by atoms with E-state index in [0.717, 1.165) is 46.3 Å². The number of nitrogens with one attached hydrogen (secondary N) is 1. The van der Waals surface area contributed by atoms with Crippen molar-refractivity contribution in [1.29, 1.82) is 0 Å². The lowest BCUT2D eigenvalue weighted by Gasteiger charge is -2.31. The van der Waals surface area contributed by atoms with Gasteiger partial charge in [-0.25, -0.2) is 0 Å². The highest BCUT2D eigenvalue weighted by atomic mass is 79.9. The van der Waals surface area contributed by atoms with Crippen LogP contribution in [0.4, 0.5) is 5.69 Å². The molecule has 2 aliphatic rings. The predicted molar refractivity (Wildman–Crippen MR) is 103 cm³/mol. The van der Waals surface area contributed by atoms with Gasteiger partial charge in [-0.2, -0.15) is 0 Å². The molecule has 0 spiro atoms. The standard InChI is InChI=1S/C19H19BrN2O2S/c20-13-7-8-15-14(10-13)18(16-6-3-9-25-16)22(11-17(23)21-15)19(24)12-4-1-2-5-12/h3,6-10,12,18H,1-2,4-5,11H2,(H,21,23). The van der Waals surface area contributed by atoms with Gasteiger partial charge in [-0.3, -0.25) is 9.59 Å². The van der Waals surface area contributed by atoms with Crippen molar-refractivity contribution in [3.63, 3.8) is 0 Å². The maximum absolute atomic E-state index is 13.2. The molecule has 2 amide bonds. The maximum Gasteiger partial charge on any atom is 0.244 e. The Morgan fingerprint density at radius 2 is 2.04 bits per heavy atom. The number of nitrogens with zero attached hydrogens (tertiary/aromatic N) is 1. The average molecular weight is 419 g/mol. The molecule has 2 aromatic rings. The van der Waals surface area contributed by atoms with Gasteiger partial charge in [0.15, 0.2) is 0 Å². The van der Waals surface area contributed by atoms with Crippen molar-refractivity contribution in [2.24, 2.45) is 5.92 Å². The first-order valence-corrected chi connectivity index (χ1v) is 10.2. The molecular formula is C19H19BrN2O2S. The number of hydrogen-bond acceptors (Lipinski definition) is 3. The molecule has 4 rings (SSSR count). The van der Waals surface area contributed by atoms with Crippen molar-refractivity contribution < 1.29 is 9.59 Å². The third-order valence-electron chi connectivity index (χ3n) is 5.01. The van der Waals surface area contributed by atoms with Crippen LogP contribution in [0.3, 0.4) is 0 Å². The molecule has 0 bridgehead atoms. The molecule has 1 N–H and O–H groups in total. The molecule has 1 unspecified atom stereocenters. The number of hydrogen-bond donors (Lipinski definition) is 1. The van der Waals surface area contributed by atoms with E-state index in [1.165, 1.54) is 0 Å². The lowest BCUT2D eigenvalue weighted by Crippen LogP contribution is -2.41. The van der Waals surface area contributed by atoms with Gasteiger partial charge < -0.3 is 10.2 Å². The number of amides is 2. The Labute approximate surface area is 159 Å². The normalized spacial score (nSPS) is 20.9. The molecule has 1 atom stereocenters. The second-order valence-electron chi connectivity index (χ2n) is 6.65. The third-order valence-corrected chi connectivity index (χ3v) is 6.43. The van der Waals surface area contributed by atoms with E-state index in [1.54, 1.807) is 16.2 Å². The summed E-state index contributed by atoms with van der Waals surface area (Å²) in [5, 5.41) is 4.99. The van der Waals surface area contributed by atoms with Crippen LogP contribution >= 0.6 is 27.3 Å². The quantitative estimate of drug-likeness (QED) is 0.775. The molecule has 1 fully saturated rings. The second-order valence-corrected chi connectivity index (χ2v) is 8.54. The monoisotopic (exact) mass is 418 g/mol. The van der Waals surface area contributed by atoms with Crippen LogP contribution in [0, 0.1) is 5.92 Å². The molecule has 0 radical (unpaired) electrons. The molecular weight excluding hydrogens is 400 g/mol. The van der Waals surface area contributed by atoms with E-state index >= 15 is 0 Å². The van der Waals surface area contributed by atoms with Crippen molar-refractivity contribution in [2.75, 3.05) is 11.9 Å². The highest BCUT2D eigenvalue weighted by Crippen LogP contribution is 2.40. The van der Waals surface area contributed by atoms with E-state index in [4.69, 9.17) is 0 Å². The van der Waals surface area contributed by atoms with Gasteiger partial charge in [0.1, 0.15) is 6.54 Å². The smallest absolute Gasteiger partial charge is 0.244 e. The number of carbonyl (C=O) groups is 2. The fraction of sp³-hybridized carbons (Fsp3) is 0.368. The van der Waals surface area contributed by atoms with Crippen LogP contribution < -0.4 is 5.32 Å². The first-order valence-electron chi connectivity index (χ1n) is 8.56. The van der Waals surface area contributed by atoms with E-state index < -0.39 is 0 Å². The summed E-state index contributed by atoms with van der Waals surface area (Å²) in [6.07, 6.45) is 4.06. The van der Waals surface area contributed by atoms with Crippen LogP contribution in [-0.4, -0.2) is 23.3 Å². The fourth-order valence-electron chi connectivity index (χ4n) is 3.84. The van der Waals surface area contributed by atoms with Gasteiger partial charge in [-0.15, -0.1) is 11.3 Å². The Balaban J connectivity index is 1.83. The predicted octanol–water partition coefficient (Wildman–Crippen LogP) is 4.57. The average Bonchev–Trinajstić information content (AvgIpc) is 3.27. The second kappa shape index (κ2) is 6.92. The highest BCUT2D eigenvalue weighted by molar-refractivity contribution is 9.10. The summed E-state index contributed by atoms with van der Waals surface area (Å²) in [5.41, 5.74) is 1.75. The molecule has 6 heteroatoms. The van der Waals surface area contributed by atoms with Gasteiger partial charge in [-0.1, -0.05) is 34.8 Å². The van der Waals surface area contributed by atoms with Crippen LogP contribution in [0.15, 0.2) is 40.2 Å². The Morgan fingerprint density at radius 3 is 2.76 bits per heavy atom. The van der Waals surface area contributed by atoms with Crippen LogP contribution in [0.1, 0.15) is 42.2 Å².